The molecule has 0 spiro atoms. The third kappa shape index (κ3) is 3.04. The van der Waals surface area contributed by atoms with E-state index in [1.165, 1.54) is 0 Å². The number of esters is 1. The number of halogens is 3. The molecule has 1 aromatic rings. The highest BCUT2D eigenvalue weighted by Gasteiger charge is 2.18. The number of ether oxygens (including phenoxy) is 2. The van der Waals surface area contributed by atoms with Crippen LogP contribution in [0.15, 0.2) is 12.1 Å². The highest BCUT2D eigenvalue weighted by atomic mass is 35.5. The Morgan fingerprint density at radius 3 is 2.65 bits per heavy atom. The minimum atomic E-state index is -3.05. The predicted molar refractivity (Wildman–Crippen MR) is 54.1 cm³/mol. The van der Waals surface area contributed by atoms with Crippen molar-refractivity contribution in [1.29, 1.82) is 5.26 Å². The van der Waals surface area contributed by atoms with E-state index >= 15 is 0 Å². The number of hydrogen-bond acceptors (Lipinski definition) is 4. The van der Waals surface area contributed by atoms with Gasteiger partial charge in [-0.15, -0.1) is 0 Å². The van der Waals surface area contributed by atoms with Gasteiger partial charge < -0.3 is 9.47 Å². The van der Waals surface area contributed by atoms with Crippen LogP contribution in [0.25, 0.3) is 0 Å². The molecule has 0 atom stereocenters. The summed E-state index contributed by atoms with van der Waals surface area (Å²) in [6.07, 6.45) is 0. The molecule has 0 aliphatic rings. The molecular weight excluding hydrogens is 256 g/mol. The number of methoxy groups -OCH3 is 1. The van der Waals surface area contributed by atoms with Crippen molar-refractivity contribution in [2.45, 2.75) is 6.61 Å². The van der Waals surface area contributed by atoms with Gasteiger partial charge in [-0.1, -0.05) is 11.6 Å². The zero-order chi connectivity index (χ0) is 13.0. The Kier molecular flexibility index (Phi) is 4.24. The first-order valence-electron chi connectivity index (χ1n) is 4.26. The van der Waals surface area contributed by atoms with Gasteiger partial charge in [0.15, 0.2) is 0 Å². The molecule has 0 amide bonds. The summed E-state index contributed by atoms with van der Waals surface area (Å²) in [6.45, 7) is -3.05. The highest BCUT2D eigenvalue weighted by Crippen LogP contribution is 2.27. The van der Waals surface area contributed by atoms with E-state index in [2.05, 4.69) is 9.47 Å². The first-order valence-corrected chi connectivity index (χ1v) is 4.64. The maximum atomic E-state index is 12.0. The number of rotatable bonds is 3. The lowest BCUT2D eigenvalue weighted by molar-refractivity contribution is -0.0499. The number of nitriles is 1. The minimum absolute atomic E-state index is 0.153. The zero-order valence-electron chi connectivity index (χ0n) is 8.54. The highest BCUT2D eigenvalue weighted by molar-refractivity contribution is 6.32. The van der Waals surface area contributed by atoms with Crippen LogP contribution in [0.2, 0.25) is 5.02 Å². The van der Waals surface area contributed by atoms with Gasteiger partial charge in [-0.25, -0.2) is 4.79 Å². The number of carbonyl (C=O) groups excluding carboxylic acids is 1. The molecule has 0 aliphatic heterocycles. The van der Waals surface area contributed by atoms with Crippen molar-refractivity contribution in [3.05, 3.63) is 28.3 Å². The van der Waals surface area contributed by atoms with E-state index in [-0.39, 0.29) is 21.9 Å². The maximum Gasteiger partial charge on any atom is 0.387 e. The lowest BCUT2D eigenvalue weighted by atomic mass is 10.1. The summed E-state index contributed by atoms with van der Waals surface area (Å²) < 4.78 is 32.5. The van der Waals surface area contributed by atoms with Crippen LogP contribution >= 0.6 is 11.6 Å². The molecule has 90 valence electrons. The van der Waals surface area contributed by atoms with Gasteiger partial charge in [0, 0.05) is 6.07 Å². The van der Waals surface area contributed by atoms with E-state index < -0.39 is 12.6 Å². The summed E-state index contributed by atoms with van der Waals surface area (Å²) in [6, 6.07) is 3.68. The van der Waals surface area contributed by atoms with E-state index in [0.29, 0.717) is 0 Å². The molecule has 0 aromatic heterocycles. The summed E-state index contributed by atoms with van der Waals surface area (Å²) in [5.74, 6) is -1.17. The van der Waals surface area contributed by atoms with E-state index in [1.807, 2.05) is 0 Å². The van der Waals surface area contributed by atoms with E-state index in [1.54, 1.807) is 6.07 Å². The molecule has 4 nitrogen and oxygen atoms in total. The van der Waals surface area contributed by atoms with Crippen molar-refractivity contribution in [3.8, 4) is 11.8 Å². The summed E-state index contributed by atoms with van der Waals surface area (Å²) in [5, 5.41) is 8.62. The van der Waals surface area contributed by atoms with Crippen molar-refractivity contribution in [3.63, 3.8) is 0 Å². The van der Waals surface area contributed by atoms with Gasteiger partial charge >= 0.3 is 12.6 Å². The van der Waals surface area contributed by atoms with Gasteiger partial charge in [0.2, 0.25) is 0 Å². The molecule has 0 fully saturated rings. The first kappa shape index (κ1) is 13.2. The molecule has 0 unspecified atom stereocenters. The van der Waals surface area contributed by atoms with Crippen LogP contribution in [0.5, 0.6) is 5.75 Å². The molecule has 0 N–H and O–H groups in total. The number of benzene rings is 1. The molecule has 0 radical (unpaired) electrons. The van der Waals surface area contributed by atoms with Crippen LogP contribution in [0.1, 0.15) is 15.9 Å². The van der Waals surface area contributed by atoms with Gasteiger partial charge in [-0.3, -0.25) is 0 Å². The average Bonchev–Trinajstić information content (AvgIpc) is 2.26. The quantitative estimate of drug-likeness (QED) is 0.785. The van der Waals surface area contributed by atoms with Crippen LogP contribution in [-0.4, -0.2) is 19.7 Å². The SMILES string of the molecule is COC(=O)c1cc(OC(F)F)cc(Cl)c1C#N. The molecule has 0 aliphatic carbocycles. The fourth-order valence-corrected chi connectivity index (χ4v) is 1.39. The normalized spacial score (nSPS) is 9.88. The second-order valence-corrected chi connectivity index (χ2v) is 3.22. The molecule has 7 heteroatoms. The molecular formula is C10H6ClF2NO3. The largest absolute Gasteiger partial charge is 0.465 e. The Labute approximate surface area is 100 Å². The van der Waals surface area contributed by atoms with E-state index in [4.69, 9.17) is 16.9 Å². The van der Waals surface area contributed by atoms with Crippen LogP contribution in [0, 0.1) is 11.3 Å². The van der Waals surface area contributed by atoms with Crippen molar-refractivity contribution >= 4 is 17.6 Å². The van der Waals surface area contributed by atoms with E-state index in [0.717, 1.165) is 19.2 Å². The predicted octanol–water partition coefficient (Wildman–Crippen LogP) is 2.60. The van der Waals surface area contributed by atoms with Gasteiger partial charge in [-0.05, 0) is 6.07 Å². The smallest absolute Gasteiger partial charge is 0.387 e. The van der Waals surface area contributed by atoms with Crippen molar-refractivity contribution < 1.29 is 23.0 Å². The van der Waals surface area contributed by atoms with Gasteiger partial charge in [-0.2, -0.15) is 14.0 Å². The number of nitrogens with zero attached hydrogens (tertiary/aromatic N) is 1. The Balaban J connectivity index is 3.29. The average molecular weight is 262 g/mol. The molecule has 1 aromatic carbocycles. The Hall–Kier alpha value is -1.87. The summed E-state index contributed by atoms with van der Waals surface area (Å²) >= 11 is 5.66. The lowest BCUT2D eigenvalue weighted by Crippen LogP contribution is -2.07. The number of carbonyl (C=O) groups is 1. The minimum Gasteiger partial charge on any atom is -0.465 e. The molecule has 0 bridgehead atoms. The summed E-state index contributed by atoms with van der Waals surface area (Å²) in [7, 11) is 1.10. The van der Waals surface area contributed by atoms with Gasteiger partial charge in [0.1, 0.15) is 11.8 Å². The molecule has 0 heterocycles. The summed E-state index contributed by atoms with van der Waals surface area (Å²) in [4.78, 5) is 11.3. The van der Waals surface area contributed by atoms with Crippen molar-refractivity contribution in [1.82, 2.24) is 0 Å². The van der Waals surface area contributed by atoms with Crippen LogP contribution in [0.4, 0.5) is 8.78 Å². The van der Waals surface area contributed by atoms with Gasteiger partial charge in [0.05, 0.1) is 23.3 Å². The molecule has 0 saturated heterocycles. The van der Waals surface area contributed by atoms with Crippen LogP contribution in [-0.2, 0) is 4.74 Å². The van der Waals surface area contributed by atoms with Crippen LogP contribution in [0.3, 0.4) is 0 Å². The van der Waals surface area contributed by atoms with E-state index in [9.17, 15) is 13.6 Å². The monoisotopic (exact) mass is 261 g/mol. The van der Waals surface area contributed by atoms with Crippen molar-refractivity contribution in [2.24, 2.45) is 0 Å². The zero-order valence-corrected chi connectivity index (χ0v) is 9.29. The van der Waals surface area contributed by atoms with Crippen LogP contribution < -0.4 is 4.74 Å². The number of hydrogen-bond donors (Lipinski definition) is 0. The Morgan fingerprint density at radius 1 is 1.53 bits per heavy atom. The summed E-state index contributed by atoms with van der Waals surface area (Å²) in [5.41, 5.74) is -0.377. The fraction of sp³-hybridized carbons (Fsp3) is 0.200. The lowest BCUT2D eigenvalue weighted by Gasteiger charge is -2.08. The standard InChI is InChI=1S/C10H6ClF2NO3/c1-16-9(15)6-2-5(17-10(12)13)3-8(11)7(6)4-14/h2-3,10H,1H3. The van der Waals surface area contributed by atoms with Gasteiger partial charge in [0.25, 0.3) is 0 Å². The topological polar surface area (TPSA) is 59.3 Å². The fourth-order valence-electron chi connectivity index (χ4n) is 1.14. The second-order valence-electron chi connectivity index (χ2n) is 2.81. The molecule has 17 heavy (non-hydrogen) atoms. The third-order valence-corrected chi connectivity index (χ3v) is 2.10. The maximum absolute atomic E-state index is 12.0. The Bertz CT molecular complexity index is 485. The number of alkyl halides is 2. The molecule has 0 saturated carbocycles. The molecule has 1 rings (SSSR count). The first-order chi connectivity index (χ1) is 7.99. The third-order valence-electron chi connectivity index (χ3n) is 1.81. The van der Waals surface area contributed by atoms with Crippen molar-refractivity contribution in [2.75, 3.05) is 7.11 Å². The second kappa shape index (κ2) is 5.46. The Morgan fingerprint density at radius 2 is 2.18 bits per heavy atom.